The molecule has 1 aliphatic heterocycles. The molecule has 0 saturated carbocycles. The maximum atomic E-state index is 11.9. The maximum absolute atomic E-state index is 11.9. The van der Waals surface area contributed by atoms with Crippen LogP contribution in [0.3, 0.4) is 0 Å². The van der Waals surface area contributed by atoms with Crippen molar-refractivity contribution in [2.24, 2.45) is 5.92 Å². The van der Waals surface area contributed by atoms with E-state index in [9.17, 15) is 4.79 Å². The van der Waals surface area contributed by atoms with Crippen LogP contribution in [0, 0.1) is 5.92 Å². The topological polar surface area (TPSA) is 82.2 Å². The molecule has 1 fully saturated rings. The van der Waals surface area contributed by atoms with E-state index in [0.29, 0.717) is 0 Å². The molecule has 2 rings (SSSR count). The van der Waals surface area contributed by atoms with Crippen LogP contribution >= 0.6 is 0 Å². The van der Waals surface area contributed by atoms with Crippen molar-refractivity contribution in [3.63, 3.8) is 0 Å². The molecule has 6 heteroatoms. The molecule has 0 amide bonds. The highest BCUT2D eigenvalue weighted by Gasteiger charge is 2.41. The highest BCUT2D eigenvalue weighted by atomic mass is 16.5. The number of rotatable bonds is 4. The Kier molecular flexibility index (Phi) is 3.79. The second-order valence-electron chi connectivity index (χ2n) is 4.86. The van der Waals surface area contributed by atoms with E-state index in [4.69, 9.17) is 11.8 Å². The van der Waals surface area contributed by atoms with Gasteiger partial charge in [-0.05, 0) is 19.0 Å². The monoisotopic (exact) mass is 268 g/mol. The normalized spacial score (nSPS) is 33.1. The molecule has 5 atom stereocenters. The smallest absolute Gasteiger partial charge is 0.351 e. The van der Waals surface area contributed by atoms with Crippen molar-refractivity contribution in [3.05, 3.63) is 22.7 Å². The lowest BCUT2D eigenvalue weighted by molar-refractivity contribution is -0.0158. The van der Waals surface area contributed by atoms with E-state index in [2.05, 4.69) is 10.3 Å². The molecule has 1 aromatic rings. The average Bonchev–Trinajstić information content (AvgIpc) is 2.67. The van der Waals surface area contributed by atoms with Gasteiger partial charge in [-0.2, -0.15) is 4.98 Å². The van der Waals surface area contributed by atoms with Gasteiger partial charge in [-0.3, -0.25) is 4.57 Å². The summed E-state index contributed by atoms with van der Waals surface area (Å²) in [5.74, 6) is 0.272. The third-order valence-corrected chi connectivity index (χ3v) is 3.62. The number of anilines is 1. The first-order chi connectivity index (χ1) is 9.43. The van der Waals surface area contributed by atoms with Gasteiger partial charge in [-0.25, -0.2) is 4.79 Å². The zero-order valence-corrected chi connectivity index (χ0v) is 11.5. The molecule has 0 radical (unpaired) electrons. The first kappa shape index (κ1) is 12.6. The summed E-state index contributed by atoms with van der Waals surface area (Å²) in [5, 5.41) is 3.20. The van der Waals surface area contributed by atoms with Gasteiger partial charge in [-0.1, -0.05) is 20.8 Å². The number of ether oxygens (including phenoxy) is 1. The summed E-state index contributed by atoms with van der Waals surface area (Å²) in [5.41, 5.74) is 5.10. The van der Waals surface area contributed by atoms with Crippen molar-refractivity contribution >= 4 is 5.82 Å². The number of hydrogen-bond acceptors (Lipinski definition) is 5. The van der Waals surface area contributed by atoms with Crippen LogP contribution in [0.15, 0.2) is 17.1 Å². The molecule has 0 bridgehead atoms. The lowest BCUT2D eigenvalue weighted by atomic mass is 9.97. The van der Waals surface area contributed by atoms with E-state index < -0.39 is 5.69 Å². The molecule has 0 spiro atoms. The van der Waals surface area contributed by atoms with E-state index >= 15 is 0 Å². The predicted molar refractivity (Wildman–Crippen MR) is 73.7 cm³/mol. The second-order valence-corrected chi connectivity index (χ2v) is 4.86. The number of likely N-dealkylation sites (N-methyl/N-ethyl adjacent to an activating group) is 1. The van der Waals surface area contributed by atoms with Crippen LogP contribution < -0.4 is 16.7 Å². The van der Waals surface area contributed by atoms with E-state index in [1.54, 1.807) is 19.2 Å². The number of nitrogens with one attached hydrogen (secondary N) is 1. The number of aromatic nitrogens is 2. The Morgan fingerprint density at radius 3 is 2.95 bits per heavy atom. The van der Waals surface area contributed by atoms with Crippen LogP contribution in [0.1, 0.15) is 34.8 Å². The minimum Gasteiger partial charge on any atom is -0.383 e. The lowest BCUT2D eigenvalue weighted by Gasteiger charge is -2.21. The molecular weight excluding hydrogens is 244 g/mol. The summed E-state index contributed by atoms with van der Waals surface area (Å²) in [4.78, 5) is 15.7. The average molecular weight is 268 g/mol. The van der Waals surface area contributed by atoms with Gasteiger partial charge in [0.15, 0.2) is 0 Å². The maximum Gasteiger partial charge on any atom is 0.351 e. The summed E-state index contributed by atoms with van der Waals surface area (Å²) >= 11 is 0. The van der Waals surface area contributed by atoms with Crippen LogP contribution in [-0.2, 0) is 4.74 Å². The first-order valence-corrected chi connectivity index (χ1v) is 6.62. The molecule has 0 aliphatic carbocycles. The van der Waals surface area contributed by atoms with E-state index in [1.807, 2.05) is 13.8 Å². The standard InChI is InChI=1S/C13H22N4O2/c1-4-9-11(15-5-2)8(3)12(19-9)17-7-6-10(14)16-13(17)18/h6-9,11-12,15H,4-5H2,1-3H3,(H2,14,16,18)/t8-,9+,11?,12+/m0/s1/i5T/t5?,8-,9+,11?,12+. The highest BCUT2D eigenvalue weighted by molar-refractivity contribution is 5.23. The molecule has 2 heterocycles. The molecule has 0 aromatic carbocycles. The SMILES string of the molecule is [3H]C(C)NC1[C@@H](CC)O[C@@H](n2ccc(N)nc2=O)[C@H]1C. The molecule has 1 aliphatic rings. The van der Waals surface area contributed by atoms with Crippen molar-refractivity contribution in [2.75, 3.05) is 12.3 Å². The van der Waals surface area contributed by atoms with Gasteiger partial charge in [-0.15, -0.1) is 0 Å². The Hall–Kier alpha value is -1.40. The Labute approximate surface area is 114 Å². The van der Waals surface area contributed by atoms with Gasteiger partial charge in [0.2, 0.25) is 0 Å². The summed E-state index contributed by atoms with van der Waals surface area (Å²) in [6, 6.07) is 1.63. The second kappa shape index (κ2) is 5.71. The van der Waals surface area contributed by atoms with Crippen molar-refractivity contribution in [1.82, 2.24) is 14.9 Å². The zero-order valence-electron chi connectivity index (χ0n) is 12.5. The summed E-state index contributed by atoms with van der Waals surface area (Å²) in [7, 11) is 0. The highest BCUT2D eigenvalue weighted by Crippen LogP contribution is 2.34. The molecule has 1 aromatic heterocycles. The van der Waals surface area contributed by atoms with Crippen molar-refractivity contribution in [2.45, 2.75) is 45.6 Å². The van der Waals surface area contributed by atoms with Crippen LogP contribution in [0.4, 0.5) is 5.82 Å². The van der Waals surface area contributed by atoms with Gasteiger partial charge in [0.05, 0.1) is 6.10 Å². The van der Waals surface area contributed by atoms with Crippen molar-refractivity contribution in [1.29, 1.82) is 0 Å². The van der Waals surface area contributed by atoms with Crippen LogP contribution in [-0.4, -0.2) is 28.2 Å². The van der Waals surface area contributed by atoms with Crippen LogP contribution in [0.25, 0.3) is 0 Å². The summed E-state index contributed by atoms with van der Waals surface area (Å²) in [6.45, 7) is 5.46. The Morgan fingerprint density at radius 2 is 2.37 bits per heavy atom. The largest absolute Gasteiger partial charge is 0.383 e. The van der Waals surface area contributed by atoms with Gasteiger partial charge < -0.3 is 15.8 Å². The molecular formula is C13H22N4O2. The fraction of sp³-hybridized carbons (Fsp3) is 0.692. The number of nitrogens with zero attached hydrogens (tertiary/aromatic N) is 2. The number of nitrogen functional groups attached to an aromatic ring is 1. The van der Waals surface area contributed by atoms with E-state index in [0.717, 1.165) is 6.42 Å². The minimum absolute atomic E-state index is 0.0211. The predicted octanol–water partition coefficient (Wildman–Crippen LogP) is 0.747. The molecule has 3 N–H and O–H groups in total. The third-order valence-electron chi connectivity index (χ3n) is 3.62. The zero-order chi connectivity index (χ0) is 14.9. The fourth-order valence-corrected chi connectivity index (χ4v) is 2.64. The summed E-state index contributed by atoms with van der Waals surface area (Å²) < 4.78 is 15.1. The molecule has 6 nitrogen and oxygen atoms in total. The first-order valence-electron chi connectivity index (χ1n) is 7.20. The van der Waals surface area contributed by atoms with E-state index in [-0.39, 0.29) is 36.6 Å². The molecule has 2 unspecified atom stereocenters. The van der Waals surface area contributed by atoms with Crippen LogP contribution in [0.5, 0.6) is 0 Å². The van der Waals surface area contributed by atoms with Crippen molar-refractivity contribution < 1.29 is 6.11 Å². The number of hydrogen-bond donors (Lipinski definition) is 2. The molecule has 19 heavy (non-hydrogen) atoms. The van der Waals surface area contributed by atoms with Gasteiger partial charge in [0.1, 0.15) is 12.0 Å². The Balaban J connectivity index is 2.27. The van der Waals surface area contributed by atoms with E-state index in [1.165, 1.54) is 4.57 Å². The fourth-order valence-electron chi connectivity index (χ4n) is 2.64. The van der Waals surface area contributed by atoms with Crippen molar-refractivity contribution in [3.8, 4) is 0 Å². The van der Waals surface area contributed by atoms with Crippen LogP contribution in [0.2, 0.25) is 0 Å². The van der Waals surface area contributed by atoms with Gasteiger partial charge in [0.25, 0.3) is 0 Å². The Morgan fingerprint density at radius 1 is 1.63 bits per heavy atom. The van der Waals surface area contributed by atoms with Gasteiger partial charge >= 0.3 is 5.69 Å². The Bertz CT molecular complexity index is 519. The van der Waals surface area contributed by atoms with Gasteiger partial charge in [0, 0.05) is 19.5 Å². The number of nitrogens with two attached hydrogens (primary N) is 1. The quantitative estimate of drug-likeness (QED) is 0.842. The lowest BCUT2D eigenvalue weighted by Crippen LogP contribution is -2.40. The molecule has 1 saturated heterocycles. The summed E-state index contributed by atoms with van der Waals surface area (Å²) in [6.07, 6.45) is 2.04. The third kappa shape index (κ3) is 2.64. The molecule has 106 valence electrons. The minimum atomic E-state index is -0.406.